The SMILES string of the molecule is Cc1cc(NC(=O)c2sc3cccc(C(F)(F)F)c3c2Cl)c2ccccc2n1. The molecule has 3 nitrogen and oxygen atoms in total. The number of pyridine rings is 1. The molecule has 142 valence electrons. The van der Waals surface area contributed by atoms with Crippen molar-refractivity contribution in [2.45, 2.75) is 13.1 Å². The standard InChI is InChI=1S/C20H12ClF3N2OS/c1-10-9-14(11-5-2-3-7-13(11)25-10)26-19(27)18-17(21)16-12(20(22,23)24)6-4-8-15(16)28-18/h2-9H,1H3,(H,25,26,27). The average molecular weight is 421 g/mol. The number of nitrogens with one attached hydrogen (secondary N) is 1. The van der Waals surface area contributed by atoms with E-state index in [2.05, 4.69) is 10.3 Å². The van der Waals surface area contributed by atoms with E-state index in [1.54, 1.807) is 13.0 Å². The number of para-hydroxylation sites is 1. The second kappa shape index (κ2) is 6.76. The maximum Gasteiger partial charge on any atom is 0.417 e. The largest absolute Gasteiger partial charge is 0.417 e. The maximum absolute atomic E-state index is 13.3. The molecule has 28 heavy (non-hydrogen) atoms. The van der Waals surface area contributed by atoms with Gasteiger partial charge < -0.3 is 5.32 Å². The smallest absolute Gasteiger partial charge is 0.321 e. The first-order chi connectivity index (χ1) is 13.3. The van der Waals surface area contributed by atoms with E-state index in [4.69, 9.17) is 11.6 Å². The number of alkyl halides is 3. The quantitative estimate of drug-likeness (QED) is 0.393. The van der Waals surface area contributed by atoms with Crippen LogP contribution in [0.3, 0.4) is 0 Å². The van der Waals surface area contributed by atoms with Crippen LogP contribution in [0.15, 0.2) is 48.5 Å². The number of hydrogen-bond donors (Lipinski definition) is 1. The van der Waals surface area contributed by atoms with E-state index in [0.29, 0.717) is 21.6 Å². The van der Waals surface area contributed by atoms with Crippen LogP contribution in [0, 0.1) is 6.92 Å². The van der Waals surface area contributed by atoms with Gasteiger partial charge in [0.2, 0.25) is 0 Å². The molecule has 4 rings (SSSR count). The third-order valence-corrected chi connectivity index (χ3v) is 5.90. The molecule has 0 aliphatic heterocycles. The summed E-state index contributed by atoms with van der Waals surface area (Å²) in [4.78, 5) is 17.3. The highest BCUT2D eigenvalue weighted by Gasteiger charge is 2.35. The fourth-order valence-corrected chi connectivity index (χ4v) is 4.56. The Hall–Kier alpha value is -2.64. The number of anilines is 1. The lowest BCUT2D eigenvalue weighted by Crippen LogP contribution is -2.11. The summed E-state index contributed by atoms with van der Waals surface area (Å²) in [6.07, 6.45) is -4.56. The predicted molar refractivity (Wildman–Crippen MR) is 106 cm³/mol. The number of nitrogens with zero attached hydrogens (tertiary/aromatic N) is 1. The fourth-order valence-electron chi connectivity index (χ4n) is 3.08. The lowest BCUT2D eigenvalue weighted by Gasteiger charge is -2.10. The van der Waals surface area contributed by atoms with Crippen LogP contribution in [0.5, 0.6) is 0 Å². The minimum absolute atomic E-state index is 0.0342. The molecule has 0 unspecified atom stereocenters. The van der Waals surface area contributed by atoms with Crippen LogP contribution in [0.4, 0.5) is 18.9 Å². The molecule has 0 saturated carbocycles. The van der Waals surface area contributed by atoms with Gasteiger partial charge in [-0.2, -0.15) is 13.2 Å². The van der Waals surface area contributed by atoms with Crippen molar-refractivity contribution in [2.24, 2.45) is 0 Å². The van der Waals surface area contributed by atoms with E-state index in [9.17, 15) is 18.0 Å². The number of rotatable bonds is 2. The van der Waals surface area contributed by atoms with Gasteiger partial charge in [-0.25, -0.2) is 0 Å². The van der Waals surface area contributed by atoms with Gasteiger partial charge >= 0.3 is 6.18 Å². The molecule has 2 aromatic carbocycles. The van der Waals surface area contributed by atoms with Gasteiger partial charge in [-0.05, 0) is 31.2 Å². The van der Waals surface area contributed by atoms with Crippen LogP contribution in [0.2, 0.25) is 5.02 Å². The number of amides is 1. The molecule has 4 aromatic rings. The summed E-state index contributed by atoms with van der Waals surface area (Å²) in [5, 5.41) is 3.15. The zero-order valence-corrected chi connectivity index (χ0v) is 16.0. The molecule has 0 aliphatic carbocycles. The van der Waals surface area contributed by atoms with E-state index in [-0.39, 0.29) is 15.3 Å². The van der Waals surface area contributed by atoms with Crippen LogP contribution >= 0.6 is 22.9 Å². The van der Waals surface area contributed by atoms with Crippen molar-refractivity contribution in [3.05, 3.63) is 69.7 Å². The molecule has 8 heteroatoms. The van der Waals surface area contributed by atoms with Crippen LogP contribution in [-0.4, -0.2) is 10.9 Å². The summed E-state index contributed by atoms with van der Waals surface area (Å²) in [6.45, 7) is 1.80. The summed E-state index contributed by atoms with van der Waals surface area (Å²) in [5.74, 6) is -0.560. The van der Waals surface area contributed by atoms with E-state index >= 15 is 0 Å². The van der Waals surface area contributed by atoms with Gasteiger partial charge in [0.15, 0.2) is 0 Å². The number of hydrogen-bond acceptors (Lipinski definition) is 3. The number of fused-ring (bicyclic) bond motifs is 2. The Morgan fingerprint density at radius 1 is 1.14 bits per heavy atom. The third kappa shape index (κ3) is 3.21. The highest BCUT2D eigenvalue weighted by Crippen LogP contribution is 2.43. The molecule has 1 amide bonds. The topological polar surface area (TPSA) is 42.0 Å². The summed E-state index contributed by atoms with van der Waals surface area (Å²) in [5.41, 5.74) is 1.09. The van der Waals surface area contributed by atoms with Crippen molar-refractivity contribution < 1.29 is 18.0 Å². The molecule has 0 saturated heterocycles. The molecular weight excluding hydrogens is 409 g/mol. The third-order valence-electron chi connectivity index (χ3n) is 4.26. The molecule has 0 spiro atoms. The number of aryl methyl sites for hydroxylation is 1. The molecule has 0 aliphatic rings. The van der Waals surface area contributed by atoms with Crippen molar-refractivity contribution >= 4 is 55.5 Å². The first-order valence-corrected chi connectivity index (χ1v) is 9.41. The molecule has 0 radical (unpaired) electrons. The van der Waals surface area contributed by atoms with Gasteiger partial charge in [-0.3, -0.25) is 9.78 Å². The van der Waals surface area contributed by atoms with Crippen molar-refractivity contribution in [3.8, 4) is 0 Å². The lowest BCUT2D eigenvalue weighted by atomic mass is 10.1. The average Bonchev–Trinajstić information content (AvgIpc) is 2.98. The van der Waals surface area contributed by atoms with Crippen molar-refractivity contribution in [1.82, 2.24) is 4.98 Å². The fraction of sp³-hybridized carbons (Fsp3) is 0.100. The zero-order valence-electron chi connectivity index (χ0n) is 14.4. The van der Waals surface area contributed by atoms with Crippen LogP contribution in [-0.2, 0) is 6.18 Å². The van der Waals surface area contributed by atoms with Crippen LogP contribution in [0.25, 0.3) is 21.0 Å². The van der Waals surface area contributed by atoms with Gasteiger partial charge in [0.25, 0.3) is 5.91 Å². The molecule has 0 atom stereocenters. The molecule has 1 N–H and O–H groups in total. The van der Waals surface area contributed by atoms with Gasteiger partial charge in [0, 0.05) is 21.2 Å². The Kier molecular flexibility index (Phi) is 4.51. The second-order valence-electron chi connectivity index (χ2n) is 6.20. The molecule has 0 fully saturated rings. The Labute approximate surface area is 166 Å². The van der Waals surface area contributed by atoms with E-state index < -0.39 is 17.6 Å². The molecular formula is C20H12ClF3N2OS. The highest BCUT2D eigenvalue weighted by molar-refractivity contribution is 7.21. The van der Waals surface area contributed by atoms with Crippen LogP contribution < -0.4 is 5.32 Å². The van der Waals surface area contributed by atoms with Crippen molar-refractivity contribution in [1.29, 1.82) is 0 Å². The lowest BCUT2D eigenvalue weighted by molar-refractivity contribution is -0.136. The van der Waals surface area contributed by atoms with Gasteiger partial charge in [0.05, 0.1) is 21.8 Å². The first-order valence-electron chi connectivity index (χ1n) is 8.21. The van der Waals surface area contributed by atoms with E-state index in [0.717, 1.165) is 22.8 Å². The minimum atomic E-state index is -4.56. The van der Waals surface area contributed by atoms with Gasteiger partial charge in [-0.1, -0.05) is 35.9 Å². The Bertz CT molecular complexity index is 1230. The van der Waals surface area contributed by atoms with Gasteiger partial charge in [0.1, 0.15) is 4.88 Å². The van der Waals surface area contributed by atoms with Crippen molar-refractivity contribution in [3.63, 3.8) is 0 Å². The summed E-state index contributed by atoms with van der Waals surface area (Å²) in [7, 11) is 0. The number of aromatic nitrogens is 1. The molecule has 2 aromatic heterocycles. The van der Waals surface area contributed by atoms with E-state index in [1.807, 2.05) is 24.3 Å². The minimum Gasteiger partial charge on any atom is -0.321 e. The van der Waals surface area contributed by atoms with E-state index in [1.165, 1.54) is 12.1 Å². The summed E-state index contributed by atoms with van der Waals surface area (Å²) in [6, 6.07) is 12.8. The first kappa shape index (κ1) is 18.7. The number of carbonyl (C=O) groups is 1. The van der Waals surface area contributed by atoms with Gasteiger partial charge in [-0.15, -0.1) is 11.3 Å². The monoisotopic (exact) mass is 420 g/mol. The number of thiophene rings is 1. The molecule has 0 bridgehead atoms. The highest BCUT2D eigenvalue weighted by atomic mass is 35.5. The molecule has 2 heterocycles. The summed E-state index contributed by atoms with van der Waals surface area (Å²) >= 11 is 7.15. The number of halogens is 4. The Balaban J connectivity index is 1.80. The Morgan fingerprint density at radius 3 is 2.64 bits per heavy atom. The van der Waals surface area contributed by atoms with Crippen molar-refractivity contribution in [2.75, 3.05) is 5.32 Å². The number of carbonyl (C=O) groups excluding carboxylic acids is 1. The predicted octanol–water partition coefficient (Wildman–Crippen LogP) is 6.68. The zero-order chi connectivity index (χ0) is 20.1. The summed E-state index contributed by atoms with van der Waals surface area (Å²) < 4.78 is 40.2. The number of benzene rings is 2. The Morgan fingerprint density at radius 2 is 1.89 bits per heavy atom. The normalized spacial score (nSPS) is 11.9. The second-order valence-corrected chi connectivity index (χ2v) is 7.63. The maximum atomic E-state index is 13.3. The van der Waals surface area contributed by atoms with Crippen LogP contribution in [0.1, 0.15) is 20.9 Å².